The molecule has 0 aromatic carbocycles. The van der Waals surface area contributed by atoms with Gasteiger partial charge < -0.3 is 4.98 Å². The molecule has 2 aromatic rings. The number of nitrogens with zero attached hydrogens (tertiary/aromatic N) is 3. The number of H-pyrrole nitrogens is 1. The molecule has 2 aromatic heterocycles. The first-order valence-corrected chi connectivity index (χ1v) is 6.35. The Bertz CT molecular complexity index is 763. The summed E-state index contributed by atoms with van der Waals surface area (Å²) in [5, 5.41) is 4.18. The van der Waals surface area contributed by atoms with E-state index in [-0.39, 0.29) is 18.2 Å². The van der Waals surface area contributed by atoms with Crippen LogP contribution in [0.15, 0.2) is 17.1 Å². The zero-order valence-corrected chi connectivity index (χ0v) is 12.0. The van der Waals surface area contributed by atoms with Crippen molar-refractivity contribution in [2.75, 3.05) is 0 Å². The topological polar surface area (TPSA) is 63.6 Å². The number of nitrogens with one attached hydrogen (secondary N) is 1. The molecule has 3 rings (SSSR count). The van der Waals surface area contributed by atoms with E-state index in [0.29, 0.717) is 6.07 Å². The van der Waals surface area contributed by atoms with Gasteiger partial charge >= 0.3 is 6.18 Å². The zero-order chi connectivity index (χ0) is 15.0. The molecule has 3 heterocycles. The van der Waals surface area contributed by atoms with Gasteiger partial charge in [0.25, 0.3) is 5.56 Å². The van der Waals surface area contributed by atoms with Gasteiger partial charge in [0.1, 0.15) is 5.82 Å². The van der Waals surface area contributed by atoms with Crippen LogP contribution in [0.5, 0.6) is 0 Å². The fourth-order valence-corrected chi connectivity index (χ4v) is 2.30. The average molecular weight is 333 g/mol. The highest BCUT2D eigenvalue weighted by Crippen LogP contribution is 2.26. The van der Waals surface area contributed by atoms with Gasteiger partial charge in [-0.05, 0) is 25.0 Å². The smallest absolute Gasteiger partial charge is 0.307 e. The Morgan fingerprint density at radius 1 is 1.32 bits per heavy atom. The van der Waals surface area contributed by atoms with Crippen LogP contribution in [0.3, 0.4) is 0 Å². The lowest BCUT2D eigenvalue weighted by Crippen LogP contribution is -2.17. The molecule has 118 valence electrons. The van der Waals surface area contributed by atoms with Crippen molar-refractivity contribution in [1.29, 1.82) is 0 Å². The molecule has 5 nitrogen and oxygen atoms in total. The van der Waals surface area contributed by atoms with Crippen molar-refractivity contribution in [3.8, 4) is 0 Å². The molecule has 0 bridgehead atoms. The monoisotopic (exact) mass is 332 g/mol. The first-order valence-electron chi connectivity index (χ1n) is 6.35. The van der Waals surface area contributed by atoms with Gasteiger partial charge in [-0.3, -0.25) is 9.48 Å². The number of hydrogen-bond acceptors (Lipinski definition) is 3. The molecule has 0 saturated heterocycles. The summed E-state index contributed by atoms with van der Waals surface area (Å²) >= 11 is 0. The predicted molar refractivity (Wildman–Crippen MR) is 76.6 cm³/mol. The number of aromatic nitrogens is 4. The van der Waals surface area contributed by atoms with Crippen LogP contribution in [0, 0.1) is 0 Å². The van der Waals surface area contributed by atoms with Gasteiger partial charge in [-0.25, -0.2) is 4.98 Å². The van der Waals surface area contributed by atoms with E-state index in [1.807, 2.05) is 4.68 Å². The van der Waals surface area contributed by atoms with E-state index >= 15 is 0 Å². The van der Waals surface area contributed by atoms with Gasteiger partial charge in [0.05, 0.1) is 6.20 Å². The summed E-state index contributed by atoms with van der Waals surface area (Å²) in [5.74, 6) is -0.132. The summed E-state index contributed by atoms with van der Waals surface area (Å²) in [6, 6.07) is 0.439. The summed E-state index contributed by atoms with van der Waals surface area (Å²) in [7, 11) is 0. The molecular weight excluding hydrogens is 321 g/mol. The maximum atomic E-state index is 12.6. The van der Waals surface area contributed by atoms with E-state index in [9.17, 15) is 18.0 Å². The summed E-state index contributed by atoms with van der Waals surface area (Å²) < 4.78 is 39.6. The minimum atomic E-state index is -4.64. The van der Waals surface area contributed by atoms with Crippen LogP contribution < -0.4 is 5.56 Å². The quantitative estimate of drug-likeness (QED) is 0.919. The van der Waals surface area contributed by atoms with Gasteiger partial charge in [0, 0.05) is 23.9 Å². The number of fused-ring (bicyclic) bond motifs is 1. The summed E-state index contributed by atoms with van der Waals surface area (Å²) in [6.45, 7) is 0.849. The predicted octanol–water partition coefficient (Wildman–Crippen LogP) is 2.52. The minimum Gasteiger partial charge on any atom is -0.307 e. The Kier molecular flexibility index (Phi) is 4.41. The third-order valence-corrected chi connectivity index (χ3v) is 3.24. The molecule has 0 atom stereocenters. The van der Waals surface area contributed by atoms with Gasteiger partial charge in [-0.15, -0.1) is 12.4 Å². The Hall–Kier alpha value is -2.09. The van der Waals surface area contributed by atoms with Crippen LogP contribution in [-0.2, 0) is 19.1 Å². The standard InChI is InChI=1S/C13H11F3N4O.ClH/c14-13(15,16)10-6-12(21)19-11(18-10)4-3-8-7-17-20-5-1-2-9(8)20;/h3-4,6-7H,1-2,5H2,(H,18,19,21);1H. The van der Waals surface area contributed by atoms with Crippen LogP contribution in [0.1, 0.15) is 29.2 Å². The summed E-state index contributed by atoms with van der Waals surface area (Å²) in [6.07, 6.45) is 1.86. The van der Waals surface area contributed by atoms with E-state index in [4.69, 9.17) is 0 Å². The number of hydrogen-bond donors (Lipinski definition) is 1. The van der Waals surface area contributed by atoms with Crippen molar-refractivity contribution in [3.63, 3.8) is 0 Å². The number of rotatable bonds is 2. The fraction of sp³-hybridized carbons (Fsp3) is 0.308. The lowest BCUT2D eigenvalue weighted by atomic mass is 10.2. The molecular formula is C13H12ClF3N4O. The normalized spacial score (nSPS) is 14.1. The van der Waals surface area contributed by atoms with E-state index < -0.39 is 17.4 Å². The van der Waals surface area contributed by atoms with Crippen molar-refractivity contribution in [3.05, 3.63) is 45.4 Å². The van der Waals surface area contributed by atoms with Crippen molar-refractivity contribution in [2.45, 2.75) is 25.6 Å². The van der Waals surface area contributed by atoms with Crippen molar-refractivity contribution in [2.24, 2.45) is 0 Å². The fourth-order valence-electron chi connectivity index (χ4n) is 2.30. The Labute approximate surface area is 129 Å². The minimum absolute atomic E-state index is 0. The van der Waals surface area contributed by atoms with E-state index in [2.05, 4.69) is 15.1 Å². The van der Waals surface area contributed by atoms with Crippen LogP contribution in [0.25, 0.3) is 12.2 Å². The molecule has 0 spiro atoms. The second-order valence-corrected chi connectivity index (χ2v) is 4.72. The molecule has 0 saturated carbocycles. The Balaban J connectivity index is 0.00000176. The third-order valence-electron chi connectivity index (χ3n) is 3.24. The zero-order valence-electron chi connectivity index (χ0n) is 11.2. The Morgan fingerprint density at radius 2 is 2.09 bits per heavy atom. The first-order chi connectivity index (χ1) is 9.93. The molecule has 1 aliphatic rings. The number of alkyl halides is 3. The van der Waals surface area contributed by atoms with Crippen LogP contribution in [0.2, 0.25) is 0 Å². The second kappa shape index (κ2) is 5.96. The molecule has 9 heteroatoms. The van der Waals surface area contributed by atoms with Crippen molar-refractivity contribution >= 4 is 24.6 Å². The van der Waals surface area contributed by atoms with Gasteiger partial charge in [0.2, 0.25) is 0 Å². The lowest BCUT2D eigenvalue weighted by Gasteiger charge is -2.05. The molecule has 0 fully saturated rings. The third kappa shape index (κ3) is 3.22. The molecule has 0 amide bonds. The van der Waals surface area contributed by atoms with Gasteiger partial charge in [-0.1, -0.05) is 0 Å². The highest BCUT2D eigenvalue weighted by atomic mass is 35.5. The van der Waals surface area contributed by atoms with Gasteiger partial charge in [0.15, 0.2) is 5.69 Å². The van der Waals surface area contributed by atoms with Crippen molar-refractivity contribution < 1.29 is 13.2 Å². The molecule has 0 radical (unpaired) electrons. The lowest BCUT2D eigenvalue weighted by molar-refractivity contribution is -0.141. The summed E-state index contributed by atoms with van der Waals surface area (Å²) in [4.78, 5) is 16.9. The Morgan fingerprint density at radius 3 is 2.82 bits per heavy atom. The van der Waals surface area contributed by atoms with E-state index in [0.717, 1.165) is 30.6 Å². The van der Waals surface area contributed by atoms with E-state index in [1.54, 1.807) is 12.3 Å². The highest BCUT2D eigenvalue weighted by molar-refractivity contribution is 5.85. The molecule has 1 N–H and O–H groups in total. The van der Waals surface area contributed by atoms with Crippen LogP contribution >= 0.6 is 12.4 Å². The van der Waals surface area contributed by atoms with Crippen LogP contribution in [-0.4, -0.2) is 19.7 Å². The molecule has 1 aliphatic heterocycles. The SMILES string of the molecule is Cl.O=c1cc(C(F)(F)F)nc(C=Cc2cnn3c2CCC3)[nH]1. The average Bonchev–Trinajstić information content (AvgIpc) is 2.97. The molecule has 0 unspecified atom stereocenters. The maximum absolute atomic E-state index is 12.6. The summed E-state index contributed by atoms with van der Waals surface area (Å²) in [5.41, 5.74) is -0.170. The molecule has 22 heavy (non-hydrogen) atoms. The molecule has 0 aliphatic carbocycles. The van der Waals surface area contributed by atoms with E-state index in [1.165, 1.54) is 6.08 Å². The first kappa shape index (κ1) is 16.3. The van der Waals surface area contributed by atoms with Crippen LogP contribution in [0.4, 0.5) is 13.2 Å². The number of halogens is 4. The van der Waals surface area contributed by atoms with Crippen molar-refractivity contribution in [1.82, 2.24) is 19.7 Å². The van der Waals surface area contributed by atoms with Gasteiger partial charge in [-0.2, -0.15) is 18.3 Å². The number of aryl methyl sites for hydroxylation is 1. The largest absolute Gasteiger partial charge is 0.433 e. The number of aromatic amines is 1. The maximum Gasteiger partial charge on any atom is 0.433 e. The second-order valence-electron chi connectivity index (χ2n) is 4.72. The highest BCUT2D eigenvalue weighted by Gasteiger charge is 2.33.